The number of thioether (sulfide) groups is 1. The highest BCUT2D eigenvalue weighted by atomic mass is 35.5. The van der Waals surface area contributed by atoms with Crippen LogP contribution < -0.4 is 4.90 Å². The lowest BCUT2D eigenvalue weighted by atomic mass is 10.0. The second-order valence-electron chi connectivity index (χ2n) is 8.07. The first-order chi connectivity index (χ1) is 15.8. The Balaban J connectivity index is 1.62. The molecule has 2 aliphatic rings. The molecule has 3 aromatic carbocycles. The van der Waals surface area contributed by atoms with Crippen molar-refractivity contribution in [3.8, 4) is 0 Å². The Morgan fingerprint density at radius 2 is 1.82 bits per heavy atom. The number of carbonyl (C=O) groups is 2. The molecule has 1 saturated heterocycles. The molecule has 0 bridgehead atoms. The van der Waals surface area contributed by atoms with Gasteiger partial charge >= 0.3 is 0 Å². The maximum absolute atomic E-state index is 14.4. The maximum atomic E-state index is 14.4. The van der Waals surface area contributed by atoms with Crippen molar-refractivity contribution in [2.45, 2.75) is 18.3 Å². The highest BCUT2D eigenvalue weighted by Crippen LogP contribution is 2.55. The Labute approximate surface area is 199 Å². The van der Waals surface area contributed by atoms with E-state index < -0.39 is 16.5 Å². The number of amides is 2. The molecule has 8 heteroatoms. The molecule has 0 N–H and O–H groups in total. The Morgan fingerprint density at radius 3 is 2.55 bits per heavy atom. The molecule has 2 amide bonds. The molecule has 3 aromatic rings. The van der Waals surface area contributed by atoms with E-state index >= 15 is 0 Å². The van der Waals surface area contributed by atoms with E-state index in [2.05, 4.69) is 0 Å². The molecule has 2 aliphatic heterocycles. The number of rotatable bonds is 3. The number of benzene rings is 3. The summed E-state index contributed by atoms with van der Waals surface area (Å²) in [5, 5.41) is 0.424. The van der Waals surface area contributed by atoms with Crippen LogP contribution in [-0.2, 0) is 16.2 Å². The lowest BCUT2D eigenvalue weighted by Gasteiger charge is -2.33. The molecule has 4 nitrogen and oxygen atoms in total. The average Bonchev–Trinajstić information content (AvgIpc) is 3.32. The minimum absolute atomic E-state index is 0.190. The number of nitrogens with zero attached hydrogens (tertiary/aromatic N) is 2. The normalized spacial score (nSPS) is 19.5. The molecule has 0 aromatic heterocycles. The fraction of sp³-hybridized carbons (Fsp3) is 0.200. The molecule has 1 atom stereocenters. The van der Waals surface area contributed by atoms with Crippen LogP contribution in [0.4, 0.5) is 14.5 Å². The van der Waals surface area contributed by atoms with Gasteiger partial charge in [-0.25, -0.2) is 8.78 Å². The van der Waals surface area contributed by atoms with E-state index in [9.17, 15) is 18.4 Å². The fourth-order valence-electron chi connectivity index (χ4n) is 4.50. The number of fused-ring (bicyclic) bond motifs is 2. The van der Waals surface area contributed by atoms with Crippen molar-refractivity contribution >= 4 is 40.9 Å². The SMILES string of the molecule is Cc1ccc2c(c1)C1(SCCN1C(=O)c1cccc(Cl)c1)C(=O)N2Cc1c(F)cccc1F. The molecule has 1 fully saturated rings. The fourth-order valence-corrected chi connectivity index (χ4v) is 6.15. The predicted molar refractivity (Wildman–Crippen MR) is 125 cm³/mol. The van der Waals surface area contributed by atoms with Crippen molar-refractivity contribution in [3.63, 3.8) is 0 Å². The quantitative estimate of drug-likeness (QED) is 0.492. The standard InChI is InChI=1S/C25H19ClF2N2O2S/c1-15-8-9-22-19(12-15)25(24(32)29(22)14-18-20(27)6-3-7-21(18)28)30(10-11-33-25)23(31)16-4-2-5-17(26)13-16/h2-9,12-13H,10-11,14H2,1H3. The van der Waals surface area contributed by atoms with E-state index in [1.165, 1.54) is 34.9 Å². The van der Waals surface area contributed by atoms with E-state index in [0.717, 1.165) is 5.56 Å². The summed E-state index contributed by atoms with van der Waals surface area (Å²) in [7, 11) is 0. The summed E-state index contributed by atoms with van der Waals surface area (Å²) in [4.78, 5) is 29.2. The van der Waals surface area contributed by atoms with Gasteiger partial charge in [-0.05, 0) is 43.3 Å². The highest BCUT2D eigenvalue weighted by molar-refractivity contribution is 8.01. The van der Waals surface area contributed by atoms with Gasteiger partial charge in [-0.1, -0.05) is 41.4 Å². The van der Waals surface area contributed by atoms with Crippen LogP contribution >= 0.6 is 23.4 Å². The van der Waals surface area contributed by atoms with Crippen LogP contribution in [0.2, 0.25) is 5.02 Å². The molecule has 5 rings (SSSR count). The molecule has 0 radical (unpaired) electrons. The summed E-state index contributed by atoms with van der Waals surface area (Å²) in [5.41, 5.74) is 2.31. The van der Waals surface area contributed by atoms with Crippen LogP contribution in [0.5, 0.6) is 0 Å². The van der Waals surface area contributed by atoms with Gasteiger partial charge in [0.15, 0.2) is 4.87 Å². The van der Waals surface area contributed by atoms with Gasteiger partial charge < -0.3 is 9.80 Å². The summed E-state index contributed by atoms with van der Waals surface area (Å²) in [6.07, 6.45) is 0. The number of anilines is 1. The lowest BCUT2D eigenvalue weighted by molar-refractivity contribution is -0.123. The molecule has 168 valence electrons. The van der Waals surface area contributed by atoms with E-state index in [4.69, 9.17) is 11.6 Å². The van der Waals surface area contributed by atoms with Crippen LogP contribution in [0.3, 0.4) is 0 Å². The zero-order chi connectivity index (χ0) is 23.3. The zero-order valence-electron chi connectivity index (χ0n) is 17.6. The number of hydrogen-bond donors (Lipinski definition) is 0. The third-order valence-corrected chi connectivity index (χ3v) is 7.70. The second-order valence-corrected chi connectivity index (χ2v) is 9.80. The summed E-state index contributed by atoms with van der Waals surface area (Å²) in [6, 6.07) is 15.7. The number of halogens is 3. The molecule has 2 heterocycles. The number of aryl methyl sites for hydroxylation is 1. The van der Waals surface area contributed by atoms with Gasteiger partial charge in [-0.15, -0.1) is 11.8 Å². The molecular weight excluding hydrogens is 466 g/mol. The van der Waals surface area contributed by atoms with E-state index in [1.807, 2.05) is 19.1 Å². The highest BCUT2D eigenvalue weighted by Gasteiger charge is 2.59. The Morgan fingerprint density at radius 1 is 1.09 bits per heavy atom. The van der Waals surface area contributed by atoms with E-state index in [-0.39, 0.29) is 23.9 Å². The molecule has 0 saturated carbocycles. The average molecular weight is 485 g/mol. The van der Waals surface area contributed by atoms with Crippen molar-refractivity contribution in [1.82, 2.24) is 4.90 Å². The van der Waals surface area contributed by atoms with Crippen LogP contribution in [-0.4, -0.2) is 29.0 Å². The minimum Gasteiger partial charge on any atom is -0.311 e. The zero-order valence-corrected chi connectivity index (χ0v) is 19.2. The maximum Gasteiger partial charge on any atom is 0.268 e. The van der Waals surface area contributed by atoms with Gasteiger partial charge in [0.05, 0.1) is 12.2 Å². The van der Waals surface area contributed by atoms with Crippen molar-refractivity contribution in [1.29, 1.82) is 0 Å². The van der Waals surface area contributed by atoms with Crippen LogP contribution in [0.15, 0.2) is 60.7 Å². The van der Waals surface area contributed by atoms with E-state index in [1.54, 1.807) is 35.2 Å². The minimum atomic E-state index is -1.30. The van der Waals surface area contributed by atoms with Gasteiger partial charge in [-0.3, -0.25) is 9.59 Å². The second kappa shape index (κ2) is 8.15. The van der Waals surface area contributed by atoms with Crippen LogP contribution in [0.1, 0.15) is 27.0 Å². The monoisotopic (exact) mass is 484 g/mol. The van der Waals surface area contributed by atoms with E-state index in [0.29, 0.717) is 34.1 Å². The van der Waals surface area contributed by atoms with Crippen LogP contribution in [0.25, 0.3) is 0 Å². The first kappa shape index (κ1) is 21.9. The Hall–Kier alpha value is -2.90. The first-order valence-corrected chi connectivity index (χ1v) is 11.8. The predicted octanol–water partition coefficient (Wildman–Crippen LogP) is 5.52. The molecule has 33 heavy (non-hydrogen) atoms. The summed E-state index contributed by atoms with van der Waals surface area (Å²) in [6.45, 7) is 1.99. The first-order valence-electron chi connectivity index (χ1n) is 10.4. The topological polar surface area (TPSA) is 40.6 Å². The number of carbonyl (C=O) groups excluding carboxylic acids is 2. The van der Waals surface area contributed by atoms with Gasteiger partial charge in [0.1, 0.15) is 11.6 Å². The third kappa shape index (κ3) is 3.42. The van der Waals surface area contributed by atoms with Crippen molar-refractivity contribution in [3.05, 3.63) is 99.6 Å². The van der Waals surface area contributed by atoms with Crippen molar-refractivity contribution in [2.24, 2.45) is 0 Å². The smallest absolute Gasteiger partial charge is 0.268 e. The molecule has 1 spiro atoms. The molecular formula is C25H19ClF2N2O2S. The summed E-state index contributed by atoms with van der Waals surface area (Å²) < 4.78 is 28.9. The summed E-state index contributed by atoms with van der Waals surface area (Å²) >= 11 is 7.46. The summed E-state index contributed by atoms with van der Waals surface area (Å²) in [5.74, 6) is -1.59. The lowest BCUT2D eigenvalue weighted by Crippen LogP contribution is -2.50. The van der Waals surface area contributed by atoms with Gasteiger partial charge in [0.2, 0.25) is 0 Å². The number of hydrogen-bond acceptors (Lipinski definition) is 3. The van der Waals surface area contributed by atoms with Gasteiger partial charge in [-0.2, -0.15) is 0 Å². The third-order valence-electron chi connectivity index (χ3n) is 6.04. The van der Waals surface area contributed by atoms with Crippen LogP contribution in [0, 0.1) is 18.6 Å². The van der Waals surface area contributed by atoms with Crippen molar-refractivity contribution in [2.75, 3.05) is 17.2 Å². The Bertz CT molecular complexity index is 1280. The van der Waals surface area contributed by atoms with Crippen molar-refractivity contribution < 1.29 is 18.4 Å². The van der Waals surface area contributed by atoms with Gasteiger partial charge in [0, 0.05) is 34.0 Å². The van der Waals surface area contributed by atoms with Gasteiger partial charge in [0.25, 0.3) is 11.8 Å². The molecule has 1 unspecified atom stereocenters. The Kier molecular flexibility index (Phi) is 5.41. The largest absolute Gasteiger partial charge is 0.311 e. The molecule has 0 aliphatic carbocycles.